The topological polar surface area (TPSA) is 24.9 Å². The summed E-state index contributed by atoms with van der Waals surface area (Å²) < 4.78 is 11.0. The molecule has 1 aliphatic carbocycles. The maximum Gasteiger partial charge on any atom is 0.0996 e. The van der Waals surface area contributed by atoms with Crippen molar-refractivity contribution in [2.45, 2.75) is 31.7 Å². The summed E-state index contributed by atoms with van der Waals surface area (Å²) in [4.78, 5) is 4.81. The van der Waals surface area contributed by atoms with Crippen molar-refractivity contribution in [3.63, 3.8) is 0 Å². The van der Waals surface area contributed by atoms with E-state index < -0.39 is 0 Å². The molecule has 0 spiro atoms. The fourth-order valence-electron chi connectivity index (χ4n) is 4.59. The molecule has 2 aliphatic rings. The molecule has 134 valence electrons. The minimum atomic E-state index is 0.483. The number of fused-ring (bicyclic) bond motifs is 1. The molecule has 1 aromatic carbocycles. The summed E-state index contributed by atoms with van der Waals surface area (Å²) >= 11 is 0. The third kappa shape index (κ3) is 3.76. The van der Waals surface area contributed by atoms with Crippen LogP contribution in [0.2, 0.25) is 0 Å². The number of para-hydroxylation sites is 1. The largest absolute Gasteiger partial charge is 0.382 e. The zero-order valence-corrected chi connectivity index (χ0v) is 15.4. The zero-order chi connectivity index (χ0) is 16.9. The average Bonchev–Trinajstić information content (AvgIpc) is 2.97. The number of nitrogens with zero attached hydrogens (tertiary/aromatic N) is 2. The number of hydrogen-bond donors (Lipinski definition) is 0. The zero-order valence-electron chi connectivity index (χ0n) is 15.4. The lowest BCUT2D eigenvalue weighted by Gasteiger charge is -2.33. The Morgan fingerprint density at radius 3 is 2.71 bits per heavy atom. The lowest BCUT2D eigenvalue weighted by Crippen LogP contribution is -2.30. The van der Waals surface area contributed by atoms with Crippen LogP contribution in [0.3, 0.4) is 0 Å². The van der Waals surface area contributed by atoms with Crippen LogP contribution in [0.5, 0.6) is 0 Å². The molecule has 3 atom stereocenters. The maximum absolute atomic E-state index is 5.90. The van der Waals surface area contributed by atoms with E-state index in [9.17, 15) is 0 Å². The first-order valence-corrected chi connectivity index (χ1v) is 9.29. The van der Waals surface area contributed by atoms with E-state index in [2.05, 4.69) is 48.2 Å². The highest BCUT2D eigenvalue weighted by Gasteiger charge is 2.44. The highest BCUT2D eigenvalue weighted by atomic mass is 16.5. The van der Waals surface area contributed by atoms with Crippen LogP contribution < -0.4 is 4.90 Å². The molecular formula is C20H32N2O2. The first kappa shape index (κ1) is 17.7. The van der Waals surface area contributed by atoms with Crippen molar-refractivity contribution in [2.75, 3.05) is 52.6 Å². The van der Waals surface area contributed by atoms with Gasteiger partial charge in [0.05, 0.1) is 19.9 Å². The van der Waals surface area contributed by atoms with Crippen LogP contribution in [0.25, 0.3) is 0 Å². The Bertz CT molecular complexity index is 520. The number of likely N-dealkylation sites (tertiary alicyclic amines) is 1. The Kier molecular flexibility index (Phi) is 6.14. The van der Waals surface area contributed by atoms with Crippen molar-refractivity contribution in [2.24, 2.45) is 11.8 Å². The number of anilines is 1. The van der Waals surface area contributed by atoms with Gasteiger partial charge in [0.15, 0.2) is 0 Å². The van der Waals surface area contributed by atoms with E-state index in [0.29, 0.717) is 26.0 Å². The summed E-state index contributed by atoms with van der Waals surface area (Å²) in [5.74, 6) is 1.59. The third-order valence-corrected chi connectivity index (χ3v) is 5.66. The summed E-state index contributed by atoms with van der Waals surface area (Å²) in [7, 11) is 6.01. The predicted molar refractivity (Wildman–Crippen MR) is 98.4 cm³/mol. The molecule has 1 aliphatic heterocycles. The molecule has 1 saturated heterocycles. The number of rotatable bonds is 7. The monoisotopic (exact) mass is 332 g/mol. The molecule has 0 aromatic heterocycles. The first-order valence-electron chi connectivity index (χ1n) is 9.29. The van der Waals surface area contributed by atoms with Crippen LogP contribution >= 0.6 is 0 Å². The summed E-state index contributed by atoms with van der Waals surface area (Å²) in [6.45, 7) is 3.22. The molecule has 1 heterocycles. The van der Waals surface area contributed by atoms with E-state index in [4.69, 9.17) is 9.47 Å². The van der Waals surface area contributed by atoms with Gasteiger partial charge in [-0.2, -0.15) is 0 Å². The van der Waals surface area contributed by atoms with Crippen molar-refractivity contribution < 1.29 is 9.47 Å². The van der Waals surface area contributed by atoms with Crippen LogP contribution in [0.1, 0.15) is 37.3 Å². The molecule has 3 rings (SSSR count). The van der Waals surface area contributed by atoms with Crippen LogP contribution in [-0.2, 0) is 9.47 Å². The second-order valence-electron chi connectivity index (χ2n) is 7.41. The molecule has 24 heavy (non-hydrogen) atoms. The van der Waals surface area contributed by atoms with Crippen molar-refractivity contribution in [3.8, 4) is 0 Å². The molecule has 1 aromatic rings. The number of benzene rings is 1. The molecule has 3 unspecified atom stereocenters. The van der Waals surface area contributed by atoms with Crippen molar-refractivity contribution in [1.82, 2.24) is 4.90 Å². The van der Waals surface area contributed by atoms with E-state index in [-0.39, 0.29) is 0 Å². The van der Waals surface area contributed by atoms with Crippen molar-refractivity contribution in [3.05, 3.63) is 29.8 Å². The summed E-state index contributed by atoms with van der Waals surface area (Å²) in [6, 6.07) is 9.37. The van der Waals surface area contributed by atoms with Crippen molar-refractivity contribution in [1.29, 1.82) is 0 Å². The van der Waals surface area contributed by atoms with E-state index in [1.54, 1.807) is 7.11 Å². The minimum Gasteiger partial charge on any atom is -0.382 e. The minimum absolute atomic E-state index is 0.483. The van der Waals surface area contributed by atoms with E-state index >= 15 is 0 Å². The Morgan fingerprint density at radius 1 is 1.12 bits per heavy atom. The van der Waals surface area contributed by atoms with Gasteiger partial charge in [0.25, 0.3) is 0 Å². The lowest BCUT2D eigenvalue weighted by molar-refractivity contribution is -0.00627. The quantitative estimate of drug-likeness (QED) is 0.713. The van der Waals surface area contributed by atoms with Gasteiger partial charge in [0, 0.05) is 39.5 Å². The molecule has 0 N–H and O–H groups in total. The smallest absolute Gasteiger partial charge is 0.0996 e. The number of methoxy groups -OCH3 is 1. The lowest BCUT2D eigenvalue weighted by atomic mass is 9.76. The summed E-state index contributed by atoms with van der Waals surface area (Å²) in [6.07, 6.45) is 5.49. The molecule has 2 fully saturated rings. The predicted octanol–water partition coefficient (Wildman–Crippen LogP) is 3.54. The number of hydrogen-bond acceptors (Lipinski definition) is 4. The highest BCUT2D eigenvalue weighted by molar-refractivity contribution is 5.54. The van der Waals surface area contributed by atoms with Crippen molar-refractivity contribution >= 4 is 5.69 Å². The number of ether oxygens (including phenoxy) is 2. The standard InChI is InChI=1S/C20H32N2O2/c1-21(2)19-11-7-6-10-18(19)20-17-9-5-4-8-16(17)14-22(20)15-24-13-12-23-3/h6-7,10-11,16-17,20H,4-5,8-9,12-15H2,1-3H3. The Labute approximate surface area is 146 Å². The fourth-order valence-corrected chi connectivity index (χ4v) is 4.59. The molecule has 0 bridgehead atoms. The maximum atomic E-state index is 5.90. The highest BCUT2D eigenvalue weighted by Crippen LogP contribution is 2.49. The van der Waals surface area contributed by atoms with Gasteiger partial charge in [-0.05, 0) is 36.3 Å². The molecule has 4 nitrogen and oxygen atoms in total. The SMILES string of the molecule is COCCOCN1CC2CCCCC2C1c1ccccc1N(C)C. The molecule has 0 amide bonds. The normalized spacial score (nSPS) is 27.2. The molecular weight excluding hydrogens is 300 g/mol. The summed E-state index contributed by atoms with van der Waals surface area (Å²) in [5, 5.41) is 0. The van der Waals surface area contributed by atoms with Gasteiger partial charge in [-0.3, -0.25) is 4.90 Å². The Morgan fingerprint density at radius 2 is 1.92 bits per heavy atom. The molecule has 4 heteroatoms. The van der Waals surface area contributed by atoms with Gasteiger partial charge in [0.2, 0.25) is 0 Å². The Hall–Kier alpha value is -1.10. The fraction of sp³-hybridized carbons (Fsp3) is 0.700. The van der Waals surface area contributed by atoms with Crippen LogP contribution in [0, 0.1) is 11.8 Å². The second kappa shape index (κ2) is 8.32. The van der Waals surface area contributed by atoms with Gasteiger partial charge in [-0.1, -0.05) is 31.0 Å². The Balaban J connectivity index is 1.82. The van der Waals surface area contributed by atoms with Gasteiger partial charge >= 0.3 is 0 Å². The van der Waals surface area contributed by atoms with Crippen LogP contribution in [-0.4, -0.2) is 52.6 Å². The van der Waals surface area contributed by atoms with Gasteiger partial charge < -0.3 is 14.4 Å². The van der Waals surface area contributed by atoms with E-state index in [1.807, 2.05) is 0 Å². The van der Waals surface area contributed by atoms with Gasteiger partial charge in [-0.15, -0.1) is 0 Å². The second-order valence-corrected chi connectivity index (χ2v) is 7.41. The van der Waals surface area contributed by atoms with Gasteiger partial charge in [0.1, 0.15) is 0 Å². The van der Waals surface area contributed by atoms with E-state index in [1.165, 1.54) is 43.5 Å². The van der Waals surface area contributed by atoms with Crippen LogP contribution in [0.15, 0.2) is 24.3 Å². The molecule has 0 radical (unpaired) electrons. The molecule has 1 saturated carbocycles. The first-order chi connectivity index (χ1) is 11.7. The average molecular weight is 332 g/mol. The van der Waals surface area contributed by atoms with Gasteiger partial charge in [-0.25, -0.2) is 0 Å². The van der Waals surface area contributed by atoms with Crippen LogP contribution in [0.4, 0.5) is 5.69 Å². The summed E-state index contributed by atoms with van der Waals surface area (Å²) in [5.41, 5.74) is 2.81. The third-order valence-electron chi connectivity index (χ3n) is 5.66. The van der Waals surface area contributed by atoms with E-state index in [0.717, 1.165) is 11.8 Å².